The summed E-state index contributed by atoms with van der Waals surface area (Å²) in [5.41, 5.74) is 0.820. The second-order valence-corrected chi connectivity index (χ2v) is 8.38. The molecule has 0 saturated carbocycles. The first-order valence-electron chi connectivity index (χ1n) is 11.9. The van der Waals surface area contributed by atoms with Gasteiger partial charge in [-0.3, -0.25) is 4.99 Å². The molecule has 1 aromatic rings. The zero-order chi connectivity index (χ0) is 22.5. The van der Waals surface area contributed by atoms with Crippen LogP contribution < -0.4 is 15.4 Å². The van der Waals surface area contributed by atoms with Crippen LogP contribution in [0.25, 0.3) is 0 Å². The summed E-state index contributed by atoms with van der Waals surface area (Å²) in [4.78, 5) is 9.65. The van der Waals surface area contributed by atoms with E-state index in [9.17, 15) is 5.11 Å². The van der Waals surface area contributed by atoms with Gasteiger partial charge in [-0.15, -0.1) is 0 Å². The summed E-state index contributed by atoms with van der Waals surface area (Å²) in [5.74, 6) is 1.53. The van der Waals surface area contributed by atoms with E-state index < -0.39 is 6.10 Å². The van der Waals surface area contributed by atoms with Gasteiger partial charge >= 0.3 is 0 Å². The van der Waals surface area contributed by atoms with Crippen LogP contribution in [0, 0.1) is 0 Å². The smallest absolute Gasteiger partial charge is 0.191 e. The van der Waals surface area contributed by atoms with E-state index in [-0.39, 0.29) is 6.10 Å². The number of likely N-dealkylation sites (N-methyl/N-ethyl adjacent to an activating group) is 1. The fourth-order valence-electron chi connectivity index (χ4n) is 3.69. The third-order valence-corrected chi connectivity index (χ3v) is 5.49. The Morgan fingerprint density at radius 3 is 2.52 bits per heavy atom. The molecule has 3 N–H and O–H groups in total. The summed E-state index contributed by atoms with van der Waals surface area (Å²) in [6.07, 6.45) is 1.74. The maximum absolute atomic E-state index is 10.6. The molecule has 1 aliphatic heterocycles. The van der Waals surface area contributed by atoms with E-state index >= 15 is 0 Å². The minimum Gasteiger partial charge on any atom is -0.491 e. The molecule has 2 rings (SSSR count). The van der Waals surface area contributed by atoms with Crippen molar-refractivity contribution in [2.75, 3.05) is 58.9 Å². The van der Waals surface area contributed by atoms with Crippen molar-refractivity contribution in [3.8, 4) is 5.75 Å². The van der Waals surface area contributed by atoms with Crippen LogP contribution >= 0.6 is 0 Å². The number of aliphatic hydroxyl groups is 1. The largest absolute Gasteiger partial charge is 0.491 e. The Morgan fingerprint density at radius 1 is 1.10 bits per heavy atom. The van der Waals surface area contributed by atoms with Crippen molar-refractivity contribution in [1.82, 2.24) is 20.4 Å². The topological polar surface area (TPSA) is 72.4 Å². The molecule has 0 radical (unpaired) electrons. The van der Waals surface area contributed by atoms with Crippen molar-refractivity contribution in [3.05, 3.63) is 29.8 Å². The van der Waals surface area contributed by atoms with Gasteiger partial charge in [-0.25, -0.2) is 0 Å². The number of hydrogen-bond acceptors (Lipinski definition) is 5. The van der Waals surface area contributed by atoms with Crippen molar-refractivity contribution >= 4 is 5.96 Å². The van der Waals surface area contributed by atoms with Gasteiger partial charge in [0.05, 0.1) is 18.8 Å². The van der Waals surface area contributed by atoms with Crippen LogP contribution in [-0.2, 0) is 0 Å². The van der Waals surface area contributed by atoms with E-state index in [4.69, 9.17) is 4.74 Å². The molecule has 0 aromatic heterocycles. The number of unbranched alkanes of at least 4 members (excludes halogenated alkanes) is 1. The average molecular weight is 434 g/mol. The SMILES string of the molecule is CCNC(=NCC(O)c1cccc(OC(C)C)c1)NCCCCN1CCN(CC)CC1. The molecule has 176 valence electrons. The van der Waals surface area contributed by atoms with Gasteiger partial charge in [0.15, 0.2) is 5.96 Å². The minimum absolute atomic E-state index is 0.107. The van der Waals surface area contributed by atoms with E-state index in [1.165, 1.54) is 39.1 Å². The van der Waals surface area contributed by atoms with Crippen molar-refractivity contribution in [2.45, 2.75) is 52.7 Å². The van der Waals surface area contributed by atoms with Crippen LogP contribution in [0.2, 0.25) is 0 Å². The lowest BCUT2D eigenvalue weighted by Crippen LogP contribution is -2.46. The second-order valence-electron chi connectivity index (χ2n) is 8.38. The van der Waals surface area contributed by atoms with Crippen molar-refractivity contribution < 1.29 is 9.84 Å². The molecule has 1 aromatic carbocycles. The molecule has 7 heteroatoms. The molecule has 0 bridgehead atoms. The summed E-state index contributed by atoms with van der Waals surface area (Å²) in [7, 11) is 0. The fraction of sp³-hybridized carbons (Fsp3) is 0.708. The van der Waals surface area contributed by atoms with Crippen LogP contribution in [0.4, 0.5) is 0 Å². The van der Waals surface area contributed by atoms with Crippen molar-refractivity contribution in [3.63, 3.8) is 0 Å². The van der Waals surface area contributed by atoms with E-state index in [2.05, 4.69) is 39.3 Å². The number of nitrogens with zero attached hydrogens (tertiary/aromatic N) is 3. The highest BCUT2D eigenvalue weighted by atomic mass is 16.5. The first-order chi connectivity index (χ1) is 15.0. The molecule has 1 atom stereocenters. The van der Waals surface area contributed by atoms with Gasteiger partial charge < -0.3 is 30.3 Å². The first-order valence-corrected chi connectivity index (χ1v) is 11.9. The number of rotatable bonds is 12. The molecule has 0 amide bonds. The Labute approximate surface area is 188 Å². The van der Waals surface area contributed by atoms with Crippen molar-refractivity contribution in [2.24, 2.45) is 4.99 Å². The summed E-state index contributed by atoms with van der Waals surface area (Å²) in [6, 6.07) is 7.62. The van der Waals surface area contributed by atoms with E-state index in [1.54, 1.807) is 0 Å². The number of hydrogen-bond donors (Lipinski definition) is 3. The summed E-state index contributed by atoms with van der Waals surface area (Å²) < 4.78 is 5.72. The van der Waals surface area contributed by atoms with Crippen LogP contribution in [-0.4, -0.2) is 85.9 Å². The molecule has 1 heterocycles. The average Bonchev–Trinajstić information content (AvgIpc) is 2.77. The number of ether oxygens (including phenoxy) is 1. The van der Waals surface area contributed by atoms with Crippen LogP contribution in [0.15, 0.2) is 29.3 Å². The van der Waals surface area contributed by atoms with Gasteiger partial charge in [-0.05, 0) is 64.4 Å². The second kappa shape index (κ2) is 14.3. The summed E-state index contributed by atoms with van der Waals surface area (Å²) in [6.45, 7) is 17.4. The monoisotopic (exact) mass is 433 g/mol. The normalized spacial score (nSPS) is 17.0. The Balaban J connectivity index is 1.72. The number of guanidine groups is 1. The number of benzene rings is 1. The van der Waals surface area contributed by atoms with Gasteiger partial charge in [0.25, 0.3) is 0 Å². The standard InChI is InChI=1S/C24H43N5O2/c1-5-25-24(26-12-7-8-13-29-16-14-28(6-2)15-17-29)27-19-23(30)21-10-9-11-22(18-21)31-20(3)4/h9-11,18,20,23,30H,5-8,12-17,19H2,1-4H3,(H2,25,26,27). The predicted octanol–water partition coefficient (Wildman–Crippen LogP) is 2.48. The third kappa shape index (κ3) is 9.89. The fourth-order valence-corrected chi connectivity index (χ4v) is 3.69. The molecule has 1 unspecified atom stereocenters. The van der Waals surface area contributed by atoms with Gasteiger partial charge in [-0.1, -0.05) is 19.1 Å². The lowest BCUT2D eigenvalue weighted by Gasteiger charge is -2.34. The first kappa shape index (κ1) is 25.4. The Bertz CT molecular complexity index is 645. The van der Waals surface area contributed by atoms with Crippen LogP contribution in [0.3, 0.4) is 0 Å². The maximum Gasteiger partial charge on any atom is 0.191 e. The highest BCUT2D eigenvalue weighted by Crippen LogP contribution is 2.20. The molecule has 1 aliphatic rings. The molecule has 7 nitrogen and oxygen atoms in total. The molecule has 0 aliphatic carbocycles. The van der Waals surface area contributed by atoms with E-state index in [1.807, 2.05) is 38.1 Å². The Kier molecular flexibility index (Phi) is 11.7. The Hall–Kier alpha value is -1.83. The molecule has 31 heavy (non-hydrogen) atoms. The number of nitrogens with one attached hydrogen (secondary N) is 2. The van der Waals surface area contributed by atoms with Gasteiger partial charge in [-0.2, -0.15) is 0 Å². The minimum atomic E-state index is -0.659. The lowest BCUT2D eigenvalue weighted by molar-refractivity contribution is 0.136. The maximum atomic E-state index is 10.6. The molecule has 1 saturated heterocycles. The van der Waals surface area contributed by atoms with Gasteiger partial charge in [0.1, 0.15) is 5.75 Å². The van der Waals surface area contributed by atoms with Gasteiger partial charge in [0.2, 0.25) is 0 Å². The zero-order valence-electron chi connectivity index (χ0n) is 19.9. The quantitative estimate of drug-likeness (QED) is 0.267. The molecular formula is C24H43N5O2. The van der Waals surface area contributed by atoms with Crippen molar-refractivity contribution in [1.29, 1.82) is 0 Å². The molecule has 0 spiro atoms. The number of aliphatic hydroxyl groups excluding tert-OH is 1. The zero-order valence-corrected chi connectivity index (χ0v) is 19.9. The van der Waals surface area contributed by atoms with E-state index in [0.717, 1.165) is 43.3 Å². The van der Waals surface area contributed by atoms with Crippen LogP contribution in [0.1, 0.15) is 52.2 Å². The highest BCUT2D eigenvalue weighted by molar-refractivity contribution is 5.79. The molecular weight excluding hydrogens is 390 g/mol. The number of aliphatic imine (C=N–C) groups is 1. The van der Waals surface area contributed by atoms with Crippen LogP contribution in [0.5, 0.6) is 5.75 Å². The third-order valence-electron chi connectivity index (χ3n) is 5.49. The highest BCUT2D eigenvalue weighted by Gasteiger charge is 2.14. The summed E-state index contributed by atoms with van der Waals surface area (Å²) in [5, 5.41) is 17.2. The Morgan fingerprint density at radius 2 is 1.84 bits per heavy atom. The summed E-state index contributed by atoms with van der Waals surface area (Å²) >= 11 is 0. The number of piperazine rings is 1. The molecule has 1 fully saturated rings. The van der Waals surface area contributed by atoms with Gasteiger partial charge in [0, 0.05) is 39.3 Å². The van der Waals surface area contributed by atoms with E-state index in [0.29, 0.717) is 6.54 Å². The predicted molar refractivity (Wildman–Crippen MR) is 129 cm³/mol. The lowest BCUT2D eigenvalue weighted by atomic mass is 10.1.